The van der Waals surface area contributed by atoms with Crippen molar-refractivity contribution in [2.45, 2.75) is 24.0 Å². The van der Waals surface area contributed by atoms with E-state index in [0.717, 1.165) is 27.3 Å². The lowest BCUT2D eigenvalue weighted by Gasteiger charge is -2.18. The topological polar surface area (TPSA) is 106 Å². The maximum absolute atomic E-state index is 13.8. The van der Waals surface area contributed by atoms with Crippen molar-refractivity contribution in [3.63, 3.8) is 0 Å². The molecular formula is C40H37N3O5S. The number of carbonyl (C=O) groups is 3. The van der Waals surface area contributed by atoms with Crippen molar-refractivity contribution in [3.8, 4) is 11.5 Å². The Labute approximate surface area is 290 Å². The summed E-state index contributed by atoms with van der Waals surface area (Å²) in [4.78, 5) is 41.5. The van der Waals surface area contributed by atoms with E-state index in [4.69, 9.17) is 9.47 Å². The van der Waals surface area contributed by atoms with Crippen LogP contribution >= 0.6 is 11.8 Å². The average molecular weight is 672 g/mol. The van der Waals surface area contributed by atoms with Gasteiger partial charge in [-0.3, -0.25) is 14.4 Å². The summed E-state index contributed by atoms with van der Waals surface area (Å²) in [6, 6.07) is 36.5. The lowest BCUT2D eigenvalue weighted by molar-refractivity contribution is -0.116. The highest BCUT2D eigenvalue weighted by molar-refractivity contribution is 8.00. The first kappa shape index (κ1) is 34.5. The summed E-state index contributed by atoms with van der Waals surface area (Å²) < 4.78 is 11.0. The van der Waals surface area contributed by atoms with Gasteiger partial charge in [0.05, 0.1) is 14.2 Å². The predicted octanol–water partition coefficient (Wildman–Crippen LogP) is 8.20. The summed E-state index contributed by atoms with van der Waals surface area (Å²) in [7, 11) is 3.03. The van der Waals surface area contributed by atoms with Crippen LogP contribution in [0, 0.1) is 13.8 Å². The van der Waals surface area contributed by atoms with Gasteiger partial charge >= 0.3 is 0 Å². The summed E-state index contributed by atoms with van der Waals surface area (Å²) >= 11 is 1.37. The molecule has 0 aromatic heterocycles. The van der Waals surface area contributed by atoms with Crippen LogP contribution in [0.15, 0.2) is 132 Å². The summed E-state index contributed by atoms with van der Waals surface area (Å²) in [5, 5.41) is 8.16. The quantitative estimate of drug-likeness (QED) is 0.0913. The van der Waals surface area contributed by atoms with E-state index in [1.54, 1.807) is 66.7 Å². The van der Waals surface area contributed by atoms with Gasteiger partial charge in [0.25, 0.3) is 11.8 Å². The number of carbonyl (C=O) groups excluding carboxylic acids is 3. The van der Waals surface area contributed by atoms with Crippen LogP contribution in [0.5, 0.6) is 11.5 Å². The highest BCUT2D eigenvalue weighted by Gasteiger charge is 2.23. The maximum Gasteiger partial charge on any atom is 0.272 e. The van der Waals surface area contributed by atoms with Gasteiger partial charge in [-0.15, -0.1) is 11.8 Å². The maximum atomic E-state index is 13.8. The highest BCUT2D eigenvalue weighted by atomic mass is 32.2. The number of anilines is 2. The molecule has 0 saturated carbocycles. The molecule has 0 aliphatic heterocycles. The van der Waals surface area contributed by atoms with E-state index < -0.39 is 17.1 Å². The largest absolute Gasteiger partial charge is 0.493 e. The standard InChI is InChI=1S/C40H37N3O5S/c1-26-21-22-32(23-27(26)2)42-40(46)37(28-13-7-5-8-14-28)49-33-19-12-18-31(25-33)41-39(45)34(43-38(44)29-15-9-6-10-16-29)24-30-17-11-20-35(47-3)36(30)48-4/h5-25,37H,1-4H3,(H,41,45)(H,42,46)(H,43,44)/b34-24+. The predicted molar refractivity (Wildman–Crippen MR) is 196 cm³/mol. The molecule has 0 saturated heterocycles. The molecule has 0 aliphatic carbocycles. The van der Waals surface area contributed by atoms with Crippen molar-refractivity contribution < 1.29 is 23.9 Å². The summed E-state index contributed by atoms with van der Waals surface area (Å²) in [5.41, 5.74) is 5.19. The number of hydrogen-bond donors (Lipinski definition) is 3. The van der Waals surface area contributed by atoms with Crippen LogP contribution in [0.1, 0.15) is 37.9 Å². The number of hydrogen-bond acceptors (Lipinski definition) is 6. The van der Waals surface area contributed by atoms with Crippen molar-refractivity contribution in [2.24, 2.45) is 0 Å². The van der Waals surface area contributed by atoms with Gasteiger partial charge in [-0.1, -0.05) is 72.8 Å². The molecule has 5 aromatic rings. The van der Waals surface area contributed by atoms with Crippen LogP contribution in [0.4, 0.5) is 11.4 Å². The van der Waals surface area contributed by atoms with E-state index in [1.807, 2.05) is 74.5 Å². The number of methoxy groups -OCH3 is 2. The molecular weight excluding hydrogens is 635 g/mol. The zero-order valence-corrected chi connectivity index (χ0v) is 28.5. The first-order chi connectivity index (χ1) is 23.7. The Morgan fingerprint density at radius 3 is 2.08 bits per heavy atom. The number of rotatable bonds is 12. The molecule has 5 rings (SSSR count). The molecule has 248 valence electrons. The third kappa shape index (κ3) is 8.97. The molecule has 5 aromatic carbocycles. The Bertz CT molecular complexity index is 1980. The molecule has 9 heteroatoms. The Morgan fingerprint density at radius 2 is 1.39 bits per heavy atom. The Kier molecular flexibility index (Phi) is 11.5. The zero-order valence-electron chi connectivity index (χ0n) is 27.7. The number of thioether (sulfide) groups is 1. The van der Waals surface area contributed by atoms with E-state index in [0.29, 0.717) is 28.3 Å². The minimum absolute atomic E-state index is 0.00612. The van der Waals surface area contributed by atoms with Gasteiger partial charge in [0, 0.05) is 27.4 Å². The number of ether oxygens (including phenoxy) is 2. The van der Waals surface area contributed by atoms with E-state index in [2.05, 4.69) is 16.0 Å². The average Bonchev–Trinajstić information content (AvgIpc) is 3.12. The van der Waals surface area contributed by atoms with Crippen molar-refractivity contribution in [3.05, 3.63) is 155 Å². The second-order valence-electron chi connectivity index (χ2n) is 11.1. The molecule has 49 heavy (non-hydrogen) atoms. The fraction of sp³-hybridized carbons (Fsp3) is 0.125. The zero-order chi connectivity index (χ0) is 34.8. The van der Waals surface area contributed by atoms with Gasteiger partial charge in [-0.05, 0) is 85.1 Å². The molecule has 0 spiro atoms. The lowest BCUT2D eigenvalue weighted by atomic mass is 10.1. The third-order valence-electron chi connectivity index (χ3n) is 7.72. The Hall–Kier alpha value is -5.80. The Balaban J connectivity index is 1.41. The fourth-order valence-electron chi connectivity index (χ4n) is 5.03. The van der Waals surface area contributed by atoms with Crippen molar-refractivity contribution in [1.29, 1.82) is 0 Å². The van der Waals surface area contributed by atoms with Crippen LogP contribution in [0.3, 0.4) is 0 Å². The van der Waals surface area contributed by atoms with E-state index in [9.17, 15) is 14.4 Å². The van der Waals surface area contributed by atoms with E-state index in [-0.39, 0.29) is 11.6 Å². The van der Waals surface area contributed by atoms with Gasteiger partial charge in [-0.25, -0.2) is 0 Å². The van der Waals surface area contributed by atoms with Gasteiger partial charge < -0.3 is 25.4 Å². The molecule has 3 N–H and O–H groups in total. The fourth-order valence-corrected chi connectivity index (χ4v) is 6.12. The molecule has 0 bridgehead atoms. The monoisotopic (exact) mass is 671 g/mol. The second-order valence-corrected chi connectivity index (χ2v) is 12.3. The van der Waals surface area contributed by atoms with Crippen LogP contribution in [-0.4, -0.2) is 31.9 Å². The van der Waals surface area contributed by atoms with Crippen LogP contribution in [0.25, 0.3) is 6.08 Å². The normalized spacial score (nSPS) is 11.6. The van der Waals surface area contributed by atoms with Crippen LogP contribution in [0.2, 0.25) is 0 Å². The molecule has 0 radical (unpaired) electrons. The van der Waals surface area contributed by atoms with Crippen LogP contribution < -0.4 is 25.4 Å². The number of aryl methyl sites for hydroxylation is 2. The molecule has 3 amide bonds. The first-order valence-corrected chi connectivity index (χ1v) is 16.4. The summed E-state index contributed by atoms with van der Waals surface area (Å²) in [5.74, 6) is -0.287. The number of nitrogens with one attached hydrogen (secondary N) is 3. The van der Waals surface area contributed by atoms with Crippen LogP contribution in [-0.2, 0) is 9.59 Å². The molecule has 1 atom stereocenters. The molecule has 8 nitrogen and oxygen atoms in total. The number of para-hydroxylation sites is 1. The Morgan fingerprint density at radius 1 is 0.694 bits per heavy atom. The smallest absolute Gasteiger partial charge is 0.272 e. The SMILES string of the molecule is COc1cccc(/C=C(/NC(=O)c2ccccc2)C(=O)Nc2cccc(SC(C(=O)Nc3ccc(C)c(C)c3)c3ccccc3)c2)c1OC. The molecule has 0 aliphatic rings. The van der Waals surface area contributed by atoms with Gasteiger partial charge in [-0.2, -0.15) is 0 Å². The first-order valence-electron chi connectivity index (χ1n) is 15.6. The van der Waals surface area contributed by atoms with Crippen molar-refractivity contribution in [2.75, 3.05) is 24.9 Å². The van der Waals surface area contributed by atoms with Gasteiger partial charge in [0.1, 0.15) is 10.9 Å². The minimum Gasteiger partial charge on any atom is -0.493 e. The summed E-state index contributed by atoms with van der Waals surface area (Å²) in [6.45, 7) is 4.04. The van der Waals surface area contributed by atoms with E-state index >= 15 is 0 Å². The molecule has 1 unspecified atom stereocenters. The number of benzene rings is 5. The second kappa shape index (κ2) is 16.3. The third-order valence-corrected chi connectivity index (χ3v) is 8.97. The molecule has 0 heterocycles. The van der Waals surface area contributed by atoms with Gasteiger partial charge in [0.2, 0.25) is 5.91 Å². The highest BCUT2D eigenvalue weighted by Crippen LogP contribution is 2.37. The van der Waals surface area contributed by atoms with Crippen molar-refractivity contribution >= 4 is 46.9 Å². The summed E-state index contributed by atoms with van der Waals surface area (Å²) in [6.07, 6.45) is 1.54. The molecule has 0 fully saturated rings. The number of amides is 3. The lowest BCUT2D eigenvalue weighted by Crippen LogP contribution is -2.30. The van der Waals surface area contributed by atoms with Crippen molar-refractivity contribution in [1.82, 2.24) is 5.32 Å². The minimum atomic E-state index is -0.574. The van der Waals surface area contributed by atoms with Gasteiger partial charge in [0.15, 0.2) is 11.5 Å². The van der Waals surface area contributed by atoms with E-state index in [1.165, 1.54) is 26.0 Å².